The van der Waals surface area contributed by atoms with Gasteiger partial charge in [-0.25, -0.2) is 9.59 Å². The second-order valence-corrected chi connectivity index (χ2v) is 5.13. The van der Waals surface area contributed by atoms with Gasteiger partial charge in [-0.05, 0) is 19.1 Å². The third kappa shape index (κ3) is 3.43. The summed E-state index contributed by atoms with van der Waals surface area (Å²) in [4.78, 5) is 38.6. The van der Waals surface area contributed by atoms with Gasteiger partial charge >= 0.3 is 17.9 Å². The number of carbonyl (C=O) groups is 3. The smallest absolute Gasteiger partial charge is 0.334 e. The van der Waals surface area contributed by atoms with E-state index < -0.39 is 23.8 Å². The van der Waals surface area contributed by atoms with E-state index in [1.54, 1.807) is 18.2 Å². The molecule has 1 aromatic heterocycles. The summed E-state index contributed by atoms with van der Waals surface area (Å²) in [6.45, 7) is 2.42. The molecule has 1 aromatic rings. The molecular formula is C16H16N2O6. The maximum absolute atomic E-state index is 11.8. The zero-order valence-electron chi connectivity index (χ0n) is 13.1. The topological polar surface area (TPSA) is 126 Å². The molecule has 0 radical (unpaired) electrons. The van der Waals surface area contributed by atoms with Gasteiger partial charge in [0.15, 0.2) is 0 Å². The van der Waals surface area contributed by atoms with Gasteiger partial charge in [-0.1, -0.05) is 6.07 Å². The average molecular weight is 332 g/mol. The van der Waals surface area contributed by atoms with E-state index >= 15 is 0 Å². The molecule has 0 aliphatic carbocycles. The number of aromatic nitrogens is 1. The Morgan fingerprint density at radius 1 is 1.21 bits per heavy atom. The number of allylic oxidation sites excluding steroid dienone is 1. The van der Waals surface area contributed by atoms with Crippen molar-refractivity contribution in [3.63, 3.8) is 0 Å². The predicted molar refractivity (Wildman–Crippen MR) is 81.7 cm³/mol. The highest BCUT2D eigenvalue weighted by Crippen LogP contribution is 2.37. The fourth-order valence-corrected chi connectivity index (χ4v) is 2.56. The van der Waals surface area contributed by atoms with Gasteiger partial charge in [-0.3, -0.25) is 9.78 Å². The van der Waals surface area contributed by atoms with Gasteiger partial charge in [0.2, 0.25) is 0 Å². The highest BCUT2D eigenvalue weighted by molar-refractivity contribution is 5.98. The largest absolute Gasteiger partial charge is 0.478 e. The minimum Gasteiger partial charge on any atom is -0.478 e. The van der Waals surface area contributed by atoms with Crippen molar-refractivity contribution in [2.75, 3.05) is 6.61 Å². The van der Waals surface area contributed by atoms with Gasteiger partial charge in [-0.15, -0.1) is 0 Å². The molecular weight excluding hydrogens is 316 g/mol. The van der Waals surface area contributed by atoms with Gasteiger partial charge in [0.05, 0.1) is 28.5 Å². The Hall–Kier alpha value is -3.16. The van der Waals surface area contributed by atoms with Crippen molar-refractivity contribution in [2.45, 2.75) is 19.8 Å². The number of carbonyl (C=O) groups excluding carboxylic acids is 1. The molecule has 1 aliphatic rings. The minimum atomic E-state index is -1.31. The highest BCUT2D eigenvalue weighted by atomic mass is 16.5. The van der Waals surface area contributed by atoms with Crippen molar-refractivity contribution >= 4 is 17.9 Å². The quantitative estimate of drug-likeness (QED) is 0.683. The average Bonchev–Trinajstić information content (AvgIpc) is 2.52. The Bertz CT molecular complexity index is 751. The molecule has 0 aromatic carbocycles. The molecule has 3 N–H and O–H groups in total. The van der Waals surface area contributed by atoms with E-state index in [4.69, 9.17) is 4.74 Å². The van der Waals surface area contributed by atoms with Crippen LogP contribution in [0.5, 0.6) is 0 Å². The van der Waals surface area contributed by atoms with Crippen molar-refractivity contribution < 1.29 is 29.3 Å². The number of carboxylic acids is 2. The fourth-order valence-electron chi connectivity index (χ4n) is 2.56. The van der Waals surface area contributed by atoms with Crippen molar-refractivity contribution in [3.05, 3.63) is 52.6 Å². The maximum Gasteiger partial charge on any atom is 0.334 e. The number of nitrogens with zero attached hydrogens (tertiary/aromatic N) is 1. The number of esters is 1. The summed E-state index contributed by atoms with van der Waals surface area (Å²) >= 11 is 0. The molecule has 126 valence electrons. The predicted octanol–water partition coefficient (Wildman–Crippen LogP) is 1.03. The van der Waals surface area contributed by atoms with Crippen LogP contribution in [0, 0.1) is 0 Å². The Balaban J connectivity index is 2.62. The van der Waals surface area contributed by atoms with Gasteiger partial charge in [0.1, 0.15) is 6.61 Å². The first-order valence-corrected chi connectivity index (χ1v) is 7.04. The van der Waals surface area contributed by atoms with E-state index in [1.165, 1.54) is 20.0 Å². The number of rotatable bonds is 5. The molecule has 2 rings (SSSR count). The lowest BCUT2D eigenvalue weighted by atomic mass is 9.82. The molecule has 1 aliphatic heterocycles. The first-order valence-electron chi connectivity index (χ1n) is 7.04. The summed E-state index contributed by atoms with van der Waals surface area (Å²) in [7, 11) is 0. The third-order valence-electron chi connectivity index (χ3n) is 3.51. The number of hydrogen-bond donors (Lipinski definition) is 3. The Kier molecular flexibility index (Phi) is 4.98. The van der Waals surface area contributed by atoms with Crippen LogP contribution in [0.15, 0.2) is 46.9 Å². The summed E-state index contributed by atoms with van der Waals surface area (Å²) in [6, 6.07) is 4.84. The van der Waals surface area contributed by atoms with E-state index in [9.17, 15) is 24.6 Å². The van der Waals surface area contributed by atoms with Crippen molar-refractivity contribution in [1.82, 2.24) is 10.3 Å². The molecule has 24 heavy (non-hydrogen) atoms. The molecule has 0 saturated carbocycles. The minimum absolute atomic E-state index is 0.113. The van der Waals surface area contributed by atoms with Crippen LogP contribution >= 0.6 is 0 Å². The van der Waals surface area contributed by atoms with Crippen LogP contribution < -0.4 is 5.32 Å². The van der Waals surface area contributed by atoms with Crippen LogP contribution in [-0.2, 0) is 19.1 Å². The molecule has 2 heterocycles. The normalized spacial score (nSPS) is 17.3. The van der Waals surface area contributed by atoms with Crippen LogP contribution in [0.3, 0.4) is 0 Å². The van der Waals surface area contributed by atoms with E-state index in [0.717, 1.165) is 0 Å². The molecule has 1 unspecified atom stereocenters. The molecule has 0 saturated heterocycles. The van der Waals surface area contributed by atoms with Gasteiger partial charge in [0, 0.05) is 18.8 Å². The number of ether oxygens (including phenoxy) is 1. The second kappa shape index (κ2) is 6.95. The highest BCUT2D eigenvalue weighted by Gasteiger charge is 2.38. The molecule has 8 heteroatoms. The van der Waals surface area contributed by atoms with Crippen LogP contribution in [0.4, 0.5) is 0 Å². The number of hydrogen-bond acceptors (Lipinski definition) is 6. The standard InChI is InChI=1S/C16H16N2O6/c1-8-12(15(20)21)13(10-5-3-4-6-17-10)14(16(22)23)11(18-8)7-24-9(2)19/h3-6,13,18H,7H2,1-2H3,(H,20,21)(H,22,23). The van der Waals surface area contributed by atoms with Crippen LogP contribution in [-0.4, -0.2) is 39.7 Å². The third-order valence-corrected chi connectivity index (χ3v) is 3.51. The SMILES string of the molecule is CC(=O)OCC1=C(C(=O)O)C(c2ccccn2)C(C(=O)O)=C(C)N1. The lowest BCUT2D eigenvalue weighted by Crippen LogP contribution is -2.34. The monoisotopic (exact) mass is 332 g/mol. The number of carboxylic acid groups (broad SMARTS) is 2. The lowest BCUT2D eigenvalue weighted by molar-refractivity contribution is -0.140. The lowest BCUT2D eigenvalue weighted by Gasteiger charge is -2.29. The first kappa shape index (κ1) is 17.2. The van der Waals surface area contributed by atoms with Crippen LogP contribution in [0.25, 0.3) is 0 Å². The summed E-state index contributed by atoms with van der Waals surface area (Å²) in [5, 5.41) is 21.9. The van der Waals surface area contributed by atoms with Crippen LogP contribution in [0.2, 0.25) is 0 Å². The second-order valence-electron chi connectivity index (χ2n) is 5.13. The number of nitrogens with one attached hydrogen (secondary N) is 1. The number of dihydropyridines is 1. The fraction of sp³-hybridized carbons (Fsp3) is 0.250. The summed E-state index contributed by atoms with van der Waals surface area (Å²) in [5.74, 6) is -4.21. The van der Waals surface area contributed by atoms with Gasteiger partial charge in [-0.2, -0.15) is 0 Å². The molecule has 0 amide bonds. The van der Waals surface area contributed by atoms with E-state index in [1.807, 2.05) is 0 Å². The molecule has 0 fully saturated rings. The Labute approximate surface area is 137 Å². The zero-order chi connectivity index (χ0) is 17.9. The number of pyridine rings is 1. The van der Waals surface area contributed by atoms with Crippen molar-refractivity contribution in [2.24, 2.45) is 0 Å². The van der Waals surface area contributed by atoms with Crippen molar-refractivity contribution in [3.8, 4) is 0 Å². The molecule has 0 bridgehead atoms. The summed E-state index contributed by atoms with van der Waals surface area (Å²) in [5.41, 5.74) is 0.352. The summed E-state index contributed by atoms with van der Waals surface area (Å²) < 4.78 is 4.88. The molecule has 1 atom stereocenters. The number of aliphatic carboxylic acids is 2. The van der Waals surface area contributed by atoms with Gasteiger partial charge in [0.25, 0.3) is 0 Å². The maximum atomic E-state index is 11.8. The van der Waals surface area contributed by atoms with Crippen LogP contribution in [0.1, 0.15) is 25.5 Å². The zero-order valence-corrected chi connectivity index (χ0v) is 13.1. The van der Waals surface area contributed by atoms with Crippen molar-refractivity contribution in [1.29, 1.82) is 0 Å². The Morgan fingerprint density at radius 2 is 1.88 bits per heavy atom. The van der Waals surface area contributed by atoms with E-state index in [0.29, 0.717) is 0 Å². The molecule has 0 spiro atoms. The van der Waals surface area contributed by atoms with E-state index in [2.05, 4.69) is 10.3 Å². The first-order chi connectivity index (χ1) is 11.3. The molecule has 8 nitrogen and oxygen atoms in total. The Morgan fingerprint density at radius 3 is 2.38 bits per heavy atom. The summed E-state index contributed by atoms with van der Waals surface area (Å²) in [6.07, 6.45) is 1.46. The van der Waals surface area contributed by atoms with E-state index in [-0.39, 0.29) is 34.8 Å². The van der Waals surface area contributed by atoms with Gasteiger partial charge < -0.3 is 20.3 Å².